The average molecular weight is 432 g/mol. The average Bonchev–Trinajstić information content (AvgIpc) is 3.25. The highest BCUT2D eigenvalue weighted by Crippen LogP contribution is 2.32. The van der Waals surface area contributed by atoms with Crippen molar-refractivity contribution >= 4 is 29.1 Å². The van der Waals surface area contributed by atoms with Crippen LogP contribution in [0.15, 0.2) is 46.1 Å². The van der Waals surface area contributed by atoms with Crippen LogP contribution in [0.5, 0.6) is 0 Å². The number of hydrogen-bond acceptors (Lipinski definition) is 6. The topological polar surface area (TPSA) is 179 Å². The Hall–Kier alpha value is -3.67. The molecule has 12 heteroatoms. The molecule has 2 atom stereocenters. The predicted molar refractivity (Wildman–Crippen MR) is 111 cm³/mol. The number of hydrogen-bond donors (Lipinski definition) is 6. The van der Waals surface area contributed by atoms with Crippen LogP contribution >= 0.6 is 0 Å². The number of nitrogens with two attached hydrogens (primary N) is 2. The molecule has 0 unspecified atom stereocenters. The fourth-order valence-corrected chi connectivity index (χ4v) is 3.14. The molecule has 0 saturated heterocycles. The highest BCUT2D eigenvalue weighted by atomic mass is 19.3. The molecular weight excluding hydrogens is 410 g/mol. The maximum absolute atomic E-state index is 13.8. The normalized spacial score (nSPS) is 20.7. The van der Waals surface area contributed by atoms with Gasteiger partial charge in [0.15, 0.2) is 11.5 Å². The van der Waals surface area contributed by atoms with Gasteiger partial charge in [-0.15, -0.1) is 0 Å². The number of nitrogens with one attached hydrogen (secondary N) is 4. The van der Waals surface area contributed by atoms with Gasteiger partial charge < -0.3 is 26.5 Å². The maximum Gasteiger partial charge on any atom is 0.270 e. The molecule has 164 valence electrons. The summed E-state index contributed by atoms with van der Waals surface area (Å²) in [5.74, 6) is -4.55. The monoisotopic (exact) mass is 432 g/mol. The zero-order valence-corrected chi connectivity index (χ0v) is 16.4. The molecule has 3 rings (SSSR count). The van der Waals surface area contributed by atoms with Crippen LogP contribution in [-0.2, 0) is 4.79 Å². The largest absolute Gasteiger partial charge is 0.445 e. The van der Waals surface area contributed by atoms with Crippen LogP contribution in [0.1, 0.15) is 19.3 Å². The second kappa shape index (κ2) is 9.00. The van der Waals surface area contributed by atoms with Crippen LogP contribution in [-0.4, -0.2) is 46.4 Å². The summed E-state index contributed by atoms with van der Waals surface area (Å²) in [4.78, 5) is 19.4. The standard InChI is InChI=1S/C19H22F2N8O2/c20-19(21)7-1-2-12(14(19)23)28-18(25)29-16(13(22)15(24)30)27-11-5-3-10(4-6-11)17-26-8-9-31-17/h3-6,8-9,12,14,22H,1-2,7,23H2,(H2,24,30)(H3,25,27,28,29)/t12-,14-/m1/s1. The molecule has 1 aromatic heterocycles. The van der Waals surface area contributed by atoms with Gasteiger partial charge in [-0.3, -0.25) is 15.6 Å². The first kappa shape index (κ1) is 22.0. The van der Waals surface area contributed by atoms with Gasteiger partial charge in [-0.1, -0.05) is 0 Å². The van der Waals surface area contributed by atoms with Crippen LogP contribution in [0.2, 0.25) is 0 Å². The van der Waals surface area contributed by atoms with Crippen molar-refractivity contribution in [3.63, 3.8) is 0 Å². The van der Waals surface area contributed by atoms with Gasteiger partial charge in [0.05, 0.1) is 12.2 Å². The van der Waals surface area contributed by atoms with Gasteiger partial charge in [0.25, 0.3) is 11.8 Å². The lowest BCUT2D eigenvalue weighted by molar-refractivity contribution is -0.111. The second-order valence-electron chi connectivity index (χ2n) is 7.02. The molecule has 31 heavy (non-hydrogen) atoms. The SMILES string of the molecule is N=C(/N=C(/Nc1ccc(-c2ncco2)cc1)C(=N)C(N)=O)N[C@@H]1CCCC(F)(F)[C@@H]1N. The van der Waals surface area contributed by atoms with Crippen molar-refractivity contribution in [2.45, 2.75) is 37.3 Å². The highest BCUT2D eigenvalue weighted by Gasteiger charge is 2.44. The van der Waals surface area contributed by atoms with E-state index in [-0.39, 0.29) is 18.7 Å². The lowest BCUT2D eigenvalue weighted by atomic mass is 9.87. The summed E-state index contributed by atoms with van der Waals surface area (Å²) >= 11 is 0. The van der Waals surface area contributed by atoms with Crippen molar-refractivity contribution in [1.82, 2.24) is 10.3 Å². The lowest BCUT2D eigenvalue weighted by Gasteiger charge is -2.35. The van der Waals surface area contributed by atoms with Gasteiger partial charge >= 0.3 is 0 Å². The number of amidine groups is 1. The molecule has 0 spiro atoms. The fourth-order valence-electron chi connectivity index (χ4n) is 3.14. The molecule has 0 bridgehead atoms. The molecule has 1 fully saturated rings. The van der Waals surface area contributed by atoms with E-state index in [4.69, 9.17) is 26.7 Å². The Morgan fingerprint density at radius 3 is 2.61 bits per heavy atom. The van der Waals surface area contributed by atoms with E-state index < -0.39 is 35.6 Å². The minimum absolute atomic E-state index is 0.244. The van der Waals surface area contributed by atoms with Crippen LogP contribution < -0.4 is 22.1 Å². The zero-order valence-electron chi connectivity index (χ0n) is 16.4. The first-order valence-corrected chi connectivity index (χ1v) is 9.40. The molecule has 2 aromatic rings. The van der Waals surface area contributed by atoms with Crippen molar-refractivity contribution in [3.8, 4) is 11.5 Å². The number of rotatable bonds is 5. The zero-order chi connectivity index (χ0) is 22.6. The smallest absolute Gasteiger partial charge is 0.270 e. The summed E-state index contributed by atoms with van der Waals surface area (Å²) in [5.41, 5.74) is 11.3. The summed E-state index contributed by atoms with van der Waals surface area (Å²) in [6, 6.07) is 4.27. The summed E-state index contributed by atoms with van der Waals surface area (Å²) in [5, 5.41) is 21.1. The van der Waals surface area contributed by atoms with Gasteiger partial charge in [0.2, 0.25) is 11.9 Å². The molecule has 0 radical (unpaired) electrons. The van der Waals surface area contributed by atoms with Crippen molar-refractivity contribution in [1.29, 1.82) is 10.8 Å². The third-order valence-electron chi connectivity index (χ3n) is 4.80. The number of alkyl halides is 2. The van der Waals surface area contributed by atoms with Gasteiger partial charge in [0.1, 0.15) is 6.26 Å². The van der Waals surface area contributed by atoms with Crippen molar-refractivity contribution in [2.24, 2.45) is 16.5 Å². The van der Waals surface area contributed by atoms with Gasteiger partial charge in [-0.05, 0) is 37.1 Å². The van der Waals surface area contributed by atoms with E-state index in [1.54, 1.807) is 24.3 Å². The maximum atomic E-state index is 13.8. The summed E-state index contributed by atoms with van der Waals surface area (Å²) in [7, 11) is 0. The third-order valence-corrected chi connectivity index (χ3v) is 4.80. The molecule has 1 aromatic carbocycles. The van der Waals surface area contributed by atoms with Crippen molar-refractivity contribution in [2.75, 3.05) is 5.32 Å². The Morgan fingerprint density at radius 2 is 2.00 bits per heavy atom. The number of aromatic nitrogens is 1. The van der Waals surface area contributed by atoms with E-state index in [1.165, 1.54) is 12.5 Å². The Labute approximate surface area is 176 Å². The molecule has 1 heterocycles. The number of oxazole rings is 1. The fraction of sp³-hybridized carbons (Fsp3) is 0.316. The lowest BCUT2D eigenvalue weighted by Crippen LogP contribution is -2.58. The number of carbonyl (C=O) groups is 1. The molecular formula is C19H22F2N8O2. The molecule has 1 amide bonds. The Balaban J connectivity index is 1.75. The number of anilines is 1. The molecule has 1 aliphatic carbocycles. The number of guanidine groups is 1. The quantitative estimate of drug-likeness (QED) is 0.309. The van der Waals surface area contributed by atoms with E-state index in [1.807, 2.05) is 0 Å². The molecule has 1 saturated carbocycles. The van der Waals surface area contributed by atoms with E-state index >= 15 is 0 Å². The summed E-state index contributed by atoms with van der Waals surface area (Å²) in [6.45, 7) is 0. The Bertz CT molecular complexity index is 989. The number of primary amides is 1. The van der Waals surface area contributed by atoms with Crippen LogP contribution in [0, 0.1) is 10.8 Å². The number of aliphatic imine (C=N–C) groups is 1. The number of halogens is 2. The first-order valence-electron chi connectivity index (χ1n) is 9.40. The van der Waals surface area contributed by atoms with Gasteiger partial charge in [-0.25, -0.2) is 13.8 Å². The van der Waals surface area contributed by atoms with Gasteiger partial charge in [0, 0.05) is 23.7 Å². The summed E-state index contributed by atoms with van der Waals surface area (Å²) < 4.78 is 32.9. The molecule has 0 aliphatic heterocycles. The second-order valence-corrected chi connectivity index (χ2v) is 7.02. The predicted octanol–water partition coefficient (Wildman–Crippen LogP) is 1.70. The number of amides is 1. The van der Waals surface area contributed by atoms with E-state index in [0.717, 1.165) is 0 Å². The van der Waals surface area contributed by atoms with Crippen LogP contribution in [0.25, 0.3) is 11.5 Å². The number of nitrogens with zero attached hydrogens (tertiary/aromatic N) is 2. The Morgan fingerprint density at radius 1 is 1.29 bits per heavy atom. The van der Waals surface area contributed by atoms with E-state index in [2.05, 4.69) is 20.6 Å². The molecule has 1 aliphatic rings. The third kappa shape index (κ3) is 5.28. The van der Waals surface area contributed by atoms with E-state index in [0.29, 0.717) is 23.6 Å². The highest BCUT2D eigenvalue weighted by molar-refractivity contribution is 6.67. The molecule has 10 nitrogen and oxygen atoms in total. The number of benzene rings is 1. The first-order chi connectivity index (χ1) is 14.7. The van der Waals surface area contributed by atoms with Crippen molar-refractivity contribution in [3.05, 3.63) is 36.7 Å². The van der Waals surface area contributed by atoms with Gasteiger partial charge in [-0.2, -0.15) is 4.99 Å². The van der Waals surface area contributed by atoms with E-state index in [9.17, 15) is 13.6 Å². The number of carbonyl (C=O) groups excluding carboxylic acids is 1. The minimum atomic E-state index is -3.05. The molecule has 8 N–H and O–H groups in total. The minimum Gasteiger partial charge on any atom is -0.445 e. The van der Waals surface area contributed by atoms with Crippen molar-refractivity contribution < 1.29 is 18.0 Å². The summed E-state index contributed by atoms with van der Waals surface area (Å²) in [6.07, 6.45) is 3.22. The Kier molecular flexibility index (Phi) is 6.39. The van der Waals surface area contributed by atoms with Crippen LogP contribution in [0.4, 0.5) is 14.5 Å². The van der Waals surface area contributed by atoms with Crippen LogP contribution in [0.3, 0.4) is 0 Å².